The van der Waals surface area contributed by atoms with Crippen molar-refractivity contribution in [1.82, 2.24) is 4.98 Å². The Kier molecular flexibility index (Phi) is 6.61. The summed E-state index contributed by atoms with van der Waals surface area (Å²) in [5, 5.41) is 4.00. The van der Waals surface area contributed by atoms with Crippen LogP contribution in [0.2, 0.25) is 15.1 Å². The van der Waals surface area contributed by atoms with Crippen molar-refractivity contribution in [3.8, 4) is 0 Å². The van der Waals surface area contributed by atoms with Gasteiger partial charge in [0, 0.05) is 34.9 Å². The average Bonchev–Trinajstić information content (AvgIpc) is 3.16. The highest BCUT2D eigenvalue weighted by molar-refractivity contribution is 7.92. The van der Waals surface area contributed by atoms with Crippen LogP contribution in [0.25, 0.3) is 0 Å². The lowest BCUT2D eigenvalue weighted by molar-refractivity contribution is 0.529. The first-order valence-electron chi connectivity index (χ1n) is 9.45. The number of halogens is 3. The van der Waals surface area contributed by atoms with E-state index in [9.17, 15) is 8.42 Å². The number of thiazole rings is 1. The molecule has 2 aromatic carbocycles. The van der Waals surface area contributed by atoms with Crippen molar-refractivity contribution in [2.45, 2.75) is 29.4 Å². The first kappa shape index (κ1) is 21.9. The largest absolute Gasteiger partial charge is 0.348 e. The van der Waals surface area contributed by atoms with Crippen molar-refractivity contribution >= 4 is 61.1 Å². The molecule has 1 aliphatic heterocycles. The summed E-state index contributed by atoms with van der Waals surface area (Å²) in [7, 11) is -3.44. The second-order valence-corrected chi connectivity index (χ2v) is 11.6. The first-order valence-corrected chi connectivity index (χ1v) is 13.0. The third-order valence-electron chi connectivity index (χ3n) is 5.14. The number of aromatic nitrogens is 1. The molecule has 0 N–H and O–H groups in total. The Labute approximate surface area is 195 Å². The molecule has 4 nitrogen and oxygen atoms in total. The SMILES string of the molecule is O=S(=O)(c1ccccc1Cl)C1CCN(c2nc(Cc3cc(Cl)cc(Cl)c3)cs2)CC1. The minimum Gasteiger partial charge on any atom is -0.348 e. The molecule has 2 heterocycles. The van der Waals surface area contributed by atoms with Gasteiger partial charge in [0.2, 0.25) is 0 Å². The molecule has 0 bridgehead atoms. The van der Waals surface area contributed by atoms with E-state index in [1.165, 1.54) is 0 Å². The normalized spacial score (nSPS) is 15.5. The molecule has 0 atom stereocenters. The highest BCUT2D eigenvalue weighted by Gasteiger charge is 2.33. The van der Waals surface area contributed by atoms with E-state index in [1.807, 2.05) is 17.5 Å². The van der Waals surface area contributed by atoms with Crippen LogP contribution in [0.1, 0.15) is 24.1 Å². The fourth-order valence-electron chi connectivity index (χ4n) is 3.66. The lowest BCUT2D eigenvalue weighted by atomic mass is 10.1. The molecule has 0 unspecified atom stereocenters. The van der Waals surface area contributed by atoms with Crippen LogP contribution in [0.15, 0.2) is 52.7 Å². The van der Waals surface area contributed by atoms with Gasteiger partial charge in [0.15, 0.2) is 15.0 Å². The zero-order valence-corrected chi connectivity index (χ0v) is 19.8. The molecular weight excluding hydrogens is 483 g/mol. The summed E-state index contributed by atoms with van der Waals surface area (Å²) in [5.41, 5.74) is 1.95. The number of anilines is 1. The Balaban J connectivity index is 1.42. The van der Waals surface area contributed by atoms with E-state index < -0.39 is 15.1 Å². The van der Waals surface area contributed by atoms with Gasteiger partial charge in [-0.2, -0.15) is 0 Å². The number of benzene rings is 2. The predicted octanol–water partition coefficient (Wildman–Crippen LogP) is 6.14. The molecule has 1 fully saturated rings. The summed E-state index contributed by atoms with van der Waals surface area (Å²) in [5.74, 6) is 0. The van der Waals surface area contributed by atoms with E-state index in [2.05, 4.69) is 4.90 Å². The molecule has 0 saturated carbocycles. The molecule has 0 spiro atoms. The van der Waals surface area contributed by atoms with Gasteiger partial charge < -0.3 is 4.90 Å². The van der Waals surface area contributed by atoms with Crippen LogP contribution in [0.5, 0.6) is 0 Å². The molecule has 1 aliphatic rings. The third kappa shape index (κ3) is 4.78. The monoisotopic (exact) mass is 500 g/mol. The van der Waals surface area contributed by atoms with Crippen LogP contribution in [0.4, 0.5) is 5.13 Å². The van der Waals surface area contributed by atoms with Crippen LogP contribution in [0, 0.1) is 0 Å². The smallest absolute Gasteiger partial charge is 0.185 e. The molecule has 3 aromatic rings. The molecular formula is C21H19Cl3N2O2S2. The van der Waals surface area contributed by atoms with Crippen molar-refractivity contribution < 1.29 is 8.42 Å². The fraction of sp³-hybridized carbons (Fsp3) is 0.286. The summed E-state index contributed by atoms with van der Waals surface area (Å²) < 4.78 is 26.0. The lowest BCUT2D eigenvalue weighted by Gasteiger charge is -2.31. The van der Waals surface area contributed by atoms with Crippen LogP contribution < -0.4 is 4.90 Å². The van der Waals surface area contributed by atoms with Crippen molar-refractivity contribution in [3.05, 3.63) is 74.2 Å². The summed E-state index contributed by atoms with van der Waals surface area (Å²) in [6.07, 6.45) is 1.74. The number of hydrogen-bond donors (Lipinski definition) is 0. The summed E-state index contributed by atoms with van der Waals surface area (Å²) in [6.45, 7) is 1.29. The molecule has 0 amide bonds. The second kappa shape index (κ2) is 9.05. The van der Waals surface area contributed by atoms with Gasteiger partial charge in [0.05, 0.1) is 20.9 Å². The topological polar surface area (TPSA) is 50.3 Å². The van der Waals surface area contributed by atoms with Gasteiger partial charge in [0.25, 0.3) is 0 Å². The van der Waals surface area contributed by atoms with Crippen LogP contribution in [-0.2, 0) is 16.3 Å². The molecule has 158 valence electrons. The van der Waals surface area contributed by atoms with E-state index in [0.717, 1.165) is 16.4 Å². The molecule has 30 heavy (non-hydrogen) atoms. The van der Waals surface area contributed by atoms with E-state index in [0.29, 0.717) is 42.4 Å². The standard InChI is InChI=1S/C21H19Cl3N2O2S2/c22-15-9-14(10-16(23)12-15)11-17-13-29-21(25-17)26-7-5-18(6-8-26)30(27,28)20-4-2-1-3-19(20)24/h1-4,9-10,12-13,18H,5-8,11H2. The predicted molar refractivity (Wildman–Crippen MR) is 125 cm³/mol. The Morgan fingerprint density at radius 1 is 1.03 bits per heavy atom. The maximum Gasteiger partial charge on any atom is 0.185 e. The molecule has 1 saturated heterocycles. The third-order valence-corrected chi connectivity index (χ3v) is 9.29. The van der Waals surface area contributed by atoms with Gasteiger partial charge in [-0.3, -0.25) is 0 Å². The zero-order valence-electron chi connectivity index (χ0n) is 15.9. The van der Waals surface area contributed by atoms with Crippen molar-refractivity contribution in [1.29, 1.82) is 0 Å². The van der Waals surface area contributed by atoms with Gasteiger partial charge in [-0.15, -0.1) is 11.3 Å². The number of piperidine rings is 1. The van der Waals surface area contributed by atoms with Gasteiger partial charge in [-0.05, 0) is 48.7 Å². The van der Waals surface area contributed by atoms with Crippen LogP contribution in [-0.4, -0.2) is 31.7 Å². The first-order chi connectivity index (χ1) is 14.3. The van der Waals surface area contributed by atoms with E-state index in [-0.39, 0.29) is 9.92 Å². The van der Waals surface area contributed by atoms with Gasteiger partial charge in [-0.1, -0.05) is 46.9 Å². The minimum absolute atomic E-state index is 0.224. The molecule has 0 aliphatic carbocycles. The second-order valence-electron chi connectivity index (χ2n) is 7.24. The number of nitrogens with zero attached hydrogens (tertiary/aromatic N) is 2. The Morgan fingerprint density at radius 2 is 1.70 bits per heavy atom. The molecule has 1 aromatic heterocycles. The Bertz CT molecular complexity index is 1140. The number of sulfone groups is 1. The molecule has 9 heteroatoms. The van der Waals surface area contributed by atoms with E-state index in [1.54, 1.807) is 41.7 Å². The lowest BCUT2D eigenvalue weighted by Crippen LogP contribution is -2.39. The molecule has 4 rings (SSSR count). The summed E-state index contributed by atoms with van der Waals surface area (Å²) in [4.78, 5) is 7.11. The summed E-state index contributed by atoms with van der Waals surface area (Å²) in [6, 6.07) is 12.1. The maximum absolute atomic E-state index is 13.0. The van der Waals surface area contributed by atoms with E-state index in [4.69, 9.17) is 39.8 Å². The number of hydrogen-bond acceptors (Lipinski definition) is 5. The van der Waals surface area contributed by atoms with Crippen molar-refractivity contribution in [3.63, 3.8) is 0 Å². The maximum atomic E-state index is 13.0. The zero-order chi connectivity index (χ0) is 21.3. The summed E-state index contributed by atoms with van der Waals surface area (Å²) >= 11 is 19.9. The Hall–Kier alpha value is -1.31. The van der Waals surface area contributed by atoms with Crippen LogP contribution >= 0.6 is 46.1 Å². The van der Waals surface area contributed by atoms with Gasteiger partial charge >= 0.3 is 0 Å². The van der Waals surface area contributed by atoms with Gasteiger partial charge in [-0.25, -0.2) is 13.4 Å². The molecule has 0 radical (unpaired) electrons. The van der Waals surface area contributed by atoms with Crippen LogP contribution in [0.3, 0.4) is 0 Å². The highest BCUT2D eigenvalue weighted by Crippen LogP contribution is 2.32. The number of rotatable bonds is 5. The van der Waals surface area contributed by atoms with Crippen molar-refractivity contribution in [2.75, 3.05) is 18.0 Å². The van der Waals surface area contributed by atoms with E-state index >= 15 is 0 Å². The average molecular weight is 502 g/mol. The quantitative estimate of drug-likeness (QED) is 0.421. The fourth-order valence-corrected chi connectivity index (χ4v) is 7.36. The van der Waals surface area contributed by atoms with Gasteiger partial charge in [0.1, 0.15) is 0 Å². The minimum atomic E-state index is -3.44. The highest BCUT2D eigenvalue weighted by atomic mass is 35.5. The van der Waals surface area contributed by atoms with Crippen molar-refractivity contribution in [2.24, 2.45) is 0 Å². The Morgan fingerprint density at radius 3 is 2.37 bits per heavy atom.